The summed E-state index contributed by atoms with van der Waals surface area (Å²) in [4.78, 5) is 153. The number of carbonyl (C=O) groups is 11. The molecule has 2 heterocycles. The van der Waals surface area contributed by atoms with Crippen LogP contribution in [0.1, 0.15) is 199 Å². The van der Waals surface area contributed by atoms with Gasteiger partial charge in [-0.1, -0.05) is 118 Å². The second-order valence-electron chi connectivity index (χ2n) is 26.8. The minimum Gasteiger partial charge on any atom is -0.481 e. The van der Waals surface area contributed by atoms with Gasteiger partial charge in [-0.2, -0.15) is 0 Å². The molecule has 7 N–H and O–H groups in total. The van der Waals surface area contributed by atoms with Gasteiger partial charge in [0.25, 0.3) is 17.7 Å². The molecule has 9 amide bonds. The number of primary amides is 1. The molecule has 0 radical (unpaired) electrons. The van der Waals surface area contributed by atoms with Gasteiger partial charge >= 0.3 is 24.1 Å². The summed E-state index contributed by atoms with van der Waals surface area (Å²) in [6, 6.07) is 13.3. The van der Waals surface area contributed by atoms with Gasteiger partial charge < -0.3 is 51.4 Å². The van der Waals surface area contributed by atoms with Crippen LogP contribution >= 0.6 is 11.3 Å². The van der Waals surface area contributed by atoms with Crippen molar-refractivity contribution in [1.29, 1.82) is 0 Å². The molecule has 8 atom stereocenters. The summed E-state index contributed by atoms with van der Waals surface area (Å²) in [6.45, 7) is 22.7. The predicted molar refractivity (Wildman–Crippen MR) is 364 cm³/mol. The molecule has 1 aliphatic rings. The van der Waals surface area contributed by atoms with Crippen molar-refractivity contribution in [3.05, 3.63) is 94.0 Å². The van der Waals surface area contributed by atoms with Gasteiger partial charge in [0, 0.05) is 107 Å². The molecule has 0 spiro atoms. The number of aliphatic carboxylic acids is 1. The number of amides is 9. The van der Waals surface area contributed by atoms with Crippen LogP contribution in [0.25, 0.3) is 0 Å². The number of rotatable bonds is 42. The number of nitrogens with one attached hydrogen (secondary N) is 4. The van der Waals surface area contributed by atoms with Crippen molar-refractivity contribution < 1.29 is 67.3 Å². The van der Waals surface area contributed by atoms with Gasteiger partial charge in [0.05, 0.1) is 11.5 Å². The molecule has 1 aliphatic heterocycles. The van der Waals surface area contributed by atoms with Crippen LogP contribution in [0, 0.1) is 40.9 Å². The van der Waals surface area contributed by atoms with Crippen LogP contribution < -0.4 is 27.0 Å². The van der Waals surface area contributed by atoms with Crippen LogP contribution in [0.2, 0.25) is 0 Å². The van der Waals surface area contributed by atoms with Gasteiger partial charge in [0.1, 0.15) is 17.3 Å². The van der Waals surface area contributed by atoms with Crippen molar-refractivity contribution in [1.82, 2.24) is 35.6 Å². The number of esters is 1. The zero-order chi connectivity index (χ0) is 70.7. The van der Waals surface area contributed by atoms with Crippen LogP contribution in [0.15, 0.2) is 72.1 Å². The first kappa shape index (κ1) is 79.4. The van der Waals surface area contributed by atoms with Crippen LogP contribution in [0.3, 0.4) is 0 Å². The van der Waals surface area contributed by atoms with Crippen LogP contribution in [0.5, 0.6) is 0 Å². The molecular weight excluding hydrogens is 1230 g/mol. The van der Waals surface area contributed by atoms with E-state index in [4.69, 9.17) is 15.2 Å². The molecule has 0 unspecified atom stereocenters. The van der Waals surface area contributed by atoms with Gasteiger partial charge in [-0.15, -0.1) is 11.3 Å². The number of nitrogens with two attached hydrogens (primary N) is 1. The maximum atomic E-state index is 15.2. The molecule has 0 aliphatic carbocycles. The fourth-order valence-corrected chi connectivity index (χ4v) is 13.0. The zero-order valence-electron chi connectivity index (χ0n) is 58.0. The van der Waals surface area contributed by atoms with Gasteiger partial charge in [-0.05, 0) is 118 Å². The van der Waals surface area contributed by atoms with E-state index in [0.717, 1.165) is 16.9 Å². The fourth-order valence-electron chi connectivity index (χ4n) is 12.2. The first-order valence-corrected chi connectivity index (χ1v) is 34.4. The third-order valence-corrected chi connectivity index (χ3v) is 18.5. The number of anilines is 1. The monoisotopic (exact) mass is 1340 g/mol. The summed E-state index contributed by atoms with van der Waals surface area (Å²) >= 11 is 1.14. The summed E-state index contributed by atoms with van der Waals surface area (Å²) < 4.78 is 11.7. The summed E-state index contributed by atoms with van der Waals surface area (Å²) in [5.74, 6) is -5.44. The van der Waals surface area contributed by atoms with Gasteiger partial charge in [-0.3, -0.25) is 48.1 Å². The van der Waals surface area contributed by atoms with Crippen LogP contribution in [-0.4, -0.2) is 141 Å². The van der Waals surface area contributed by atoms with Crippen molar-refractivity contribution in [3.63, 3.8) is 0 Å². The number of imide groups is 1. The Hall–Kier alpha value is -8.02. The highest BCUT2D eigenvalue weighted by Gasteiger charge is 2.41. The summed E-state index contributed by atoms with van der Waals surface area (Å²) in [5, 5.41) is 23.6. The van der Waals surface area contributed by atoms with E-state index in [-0.39, 0.29) is 122 Å². The number of urea groups is 1. The molecule has 3 aromatic rings. The van der Waals surface area contributed by atoms with E-state index in [0.29, 0.717) is 87.1 Å². The number of likely N-dealkylation sites (N-methyl/N-ethyl adjacent to an activating group) is 1. The Balaban J connectivity index is 1.41. The van der Waals surface area contributed by atoms with Crippen molar-refractivity contribution >= 4 is 82.3 Å². The second kappa shape index (κ2) is 39.1. The van der Waals surface area contributed by atoms with Crippen molar-refractivity contribution in [2.24, 2.45) is 46.7 Å². The maximum absolute atomic E-state index is 15.2. The number of carboxylic acid groups (broad SMARTS) is 1. The van der Waals surface area contributed by atoms with E-state index in [2.05, 4.69) is 26.3 Å². The molecule has 2 aromatic carbocycles. The summed E-state index contributed by atoms with van der Waals surface area (Å²) in [5.41, 5.74) is 6.26. The largest absolute Gasteiger partial charge is 0.481 e. The summed E-state index contributed by atoms with van der Waals surface area (Å²) in [7, 11) is 1.50. The first-order valence-electron chi connectivity index (χ1n) is 33.6. The van der Waals surface area contributed by atoms with Crippen molar-refractivity contribution in [2.75, 3.05) is 32.0 Å². The van der Waals surface area contributed by atoms with Crippen LogP contribution in [0.4, 0.5) is 15.3 Å². The van der Waals surface area contributed by atoms with E-state index in [1.54, 1.807) is 48.4 Å². The third kappa shape index (κ3) is 25.9. The average molecular weight is 1340 g/mol. The predicted octanol–water partition coefficient (Wildman–Crippen LogP) is 10.6. The van der Waals surface area contributed by atoms with E-state index in [1.165, 1.54) is 35.9 Å². The van der Waals surface area contributed by atoms with Gasteiger partial charge in [0.2, 0.25) is 17.7 Å². The lowest BCUT2D eigenvalue weighted by Crippen LogP contribution is -2.51. The highest BCUT2D eigenvalue weighted by atomic mass is 32.1. The number of carbonyl (C=O) groups excluding carboxylic acids is 10. The minimum atomic E-state index is -1.15. The molecule has 0 saturated carbocycles. The Kier molecular flexibility index (Phi) is 32.7. The Morgan fingerprint density at radius 2 is 1.45 bits per heavy atom. The maximum Gasteiger partial charge on any atom is 0.410 e. The number of benzene rings is 2. The van der Waals surface area contributed by atoms with Crippen molar-refractivity contribution in [3.8, 4) is 0 Å². The Labute approximate surface area is 565 Å². The van der Waals surface area contributed by atoms with Crippen molar-refractivity contribution in [2.45, 2.75) is 210 Å². The number of Topliss-reactive ketones (excluding diaryl/α,β-unsaturated/α-hetero) is 1. The van der Waals surface area contributed by atoms with Crippen LogP contribution in [-0.2, 0) is 60.9 Å². The number of carboxylic acids is 1. The highest BCUT2D eigenvalue weighted by Crippen LogP contribution is 2.35. The Bertz CT molecular complexity index is 3060. The molecule has 23 nitrogen and oxygen atoms in total. The number of hydrogen-bond acceptors (Lipinski definition) is 15. The zero-order valence-corrected chi connectivity index (χ0v) is 58.9. The lowest BCUT2D eigenvalue weighted by Gasteiger charge is -2.39. The van der Waals surface area contributed by atoms with Gasteiger partial charge in [0.15, 0.2) is 11.9 Å². The Morgan fingerprint density at radius 3 is 2.03 bits per heavy atom. The smallest absolute Gasteiger partial charge is 0.410 e. The number of thiazole rings is 1. The summed E-state index contributed by atoms with van der Waals surface area (Å²) in [6.07, 6.45) is 6.18. The quantitative estimate of drug-likeness (QED) is 0.0174. The average Bonchev–Trinajstić information content (AvgIpc) is 1.67. The van der Waals surface area contributed by atoms with E-state index in [9.17, 15) is 53.1 Å². The van der Waals surface area contributed by atoms with E-state index < -0.39 is 65.5 Å². The number of ether oxygens (including phenoxy) is 2. The second-order valence-corrected chi connectivity index (χ2v) is 27.7. The number of hydrogen-bond donors (Lipinski definition) is 6. The topological polar surface area (TPSA) is 323 Å². The molecule has 0 fully saturated rings. The lowest BCUT2D eigenvalue weighted by atomic mass is 9.82. The lowest BCUT2D eigenvalue weighted by molar-refractivity contribution is -0.150. The molecular formula is C71H105N9O14S. The molecule has 524 valence electrons. The standard InChI is InChI=1S/C71H105N9O14S/c1-14-36-79(56(44(3)4)40-58(94-48(10)81)66-76-55(43-95-66)65(87)75-53(41-71(11,12)68(89)90)38-49-23-18-16-19-24-49)67(88)54(47(9)15-2)39-57(82)64(46(7)8)78(13)70(92)93-42-50-27-30-52(31-28-50)74-60(84)32-29-51(25-22-35-73-69(72)91)63(45(5)6)77-59(83)26-20-17-21-37-80-61(85)33-34-62(80)86/h16,18-19,23-24,27-28,30-31,33-34,43-47,51,53-54,56,58,63-64H,14-15,17,20-22,25-26,29,32,35-42H2,1-13H3,(H,74,84)(H,75,87)(H,77,83)(H,89,90)(H3,72,73,91)/t47-,51-,53-,54-,56+,58+,63-,64+/m0/s1. The SMILES string of the molecule is CCCN(C(=O)[C@@H](CC(=O)[C@@H](C(C)C)N(C)C(=O)OCc1ccc(NC(=O)CC[C@H](CCCNC(N)=O)[C@@H](NC(=O)CCCCCN2C(=O)C=CC2=O)C(C)C)cc1)[C@@H](C)CC)[C@H](C[C@@H](OC(C)=O)c1nc(C(=O)N[C@@H](Cc2ccccc2)CC(C)(C)C(=O)O)cs1)C(C)C. The van der Waals surface area contributed by atoms with Gasteiger partial charge in [-0.25, -0.2) is 14.6 Å². The van der Waals surface area contributed by atoms with E-state index >= 15 is 4.79 Å². The molecule has 95 heavy (non-hydrogen) atoms. The molecule has 1 aromatic heterocycles. The first-order chi connectivity index (χ1) is 44.9. The molecule has 0 saturated heterocycles. The minimum absolute atomic E-state index is 0.0133. The fraction of sp³-hybridized carbons (Fsp3) is 0.606. The molecule has 24 heteroatoms. The number of unbranched alkanes of at least 4 members (excludes halogenated alkanes) is 2. The number of ketones is 1. The molecule has 0 bridgehead atoms. The Morgan fingerprint density at radius 1 is 0.789 bits per heavy atom. The number of aromatic nitrogens is 1. The highest BCUT2D eigenvalue weighted by molar-refractivity contribution is 7.09. The molecule has 4 rings (SSSR count). The van der Waals surface area contributed by atoms with E-state index in [1.807, 2.05) is 92.6 Å². The third-order valence-electron chi connectivity index (χ3n) is 17.6. The number of nitrogens with zero attached hydrogens (tertiary/aromatic N) is 4. The normalized spacial score (nSPS) is 14.9.